The molecule has 0 aliphatic carbocycles. The van der Waals surface area contributed by atoms with Crippen molar-refractivity contribution in [3.05, 3.63) is 70.7 Å². The van der Waals surface area contributed by atoms with Crippen LogP contribution in [0, 0.1) is 13.8 Å². The van der Waals surface area contributed by atoms with E-state index in [1.807, 2.05) is 60.8 Å². The van der Waals surface area contributed by atoms with Crippen molar-refractivity contribution in [3.8, 4) is 5.75 Å². The number of likely N-dealkylation sites (tertiary alicyclic amines) is 1. The maximum Gasteiger partial charge on any atom is 0.295 e. The second kappa shape index (κ2) is 12.5. The summed E-state index contributed by atoms with van der Waals surface area (Å²) in [5.41, 5.74) is 3.48. The number of rotatable bonds is 12. The predicted molar refractivity (Wildman–Crippen MR) is 153 cm³/mol. The number of ether oxygens (including phenoxy) is 1. The van der Waals surface area contributed by atoms with Crippen molar-refractivity contribution in [1.82, 2.24) is 19.2 Å². The molecule has 3 aromatic rings. The van der Waals surface area contributed by atoms with Crippen LogP contribution in [-0.4, -0.2) is 68.8 Å². The Morgan fingerprint density at radius 2 is 1.77 bits per heavy atom. The number of likely N-dealkylation sites (N-methyl/N-ethyl adjacent to an activating group) is 1. The number of nitrogens with zero attached hydrogens (tertiary/aromatic N) is 4. The summed E-state index contributed by atoms with van der Waals surface area (Å²) in [4.78, 5) is 35.3. The van der Waals surface area contributed by atoms with Gasteiger partial charge in [-0.3, -0.25) is 9.59 Å². The molecule has 2 aromatic heterocycles. The fourth-order valence-corrected chi connectivity index (χ4v) is 5.21. The second-order valence-electron chi connectivity index (χ2n) is 10.1. The number of imidazole rings is 1. The van der Waals surface area contributed by atoms with Gasteiger partial charge in [0.15, 0.2) is 5.76 Å². The first kappa shape index (κ1) is 28.4. The minimum Gasteiger partial charge on any atom is -0.505 e. The summed E-state index contributed by atoms with van der Waals surface area (Å²) >= 11 is 0. The standard InChI is InChI=1S/C31H40N4O4/c1-6-9-10-20-39-24-15-13-23(14-16-24)27-25(29(37)31(38)35(27)19-18-33(7-2)8-3)28(36)26-22(5)34-17-11-12-21(4)30(34)32-26/h11-17,27,36H,6-10,18-20H2,1-5H3. The van der Waals surface area contributed by atoms with E-state index in [0.29, 0.717) is 36.7 Å². The van der Waals surface area contributed by atoms with Gasteiger partial charge in [0.25, 0.3) is 11.7 Å². The summed E-state index contributed by atoms with van der Waals surface area (Å²) in [6.45, 7) is 13.4. The molecule has 0 saturated carbocycles. The van der Waals surface area contributed by atoms with Gasteiger partial charge >= 0.3 is 0 Å². The first-order valence-electron chi connectivity index (χ1n) is 14.0. The lowest BCUT2D eigenvalue weighted by Crippen LogP contribution is -2.38. The number of unbranched alkanes of at least 4 members (excludes halogenated alkanes) is 2. The third kappa shape index (κ3) is 5.71. The average Bonchev–Trinajstić information content (AvgIpc) is 3.41. The monoisotopic (exact) mass is 532 g/mol. The normalized spacial score (nSPS) is 17.1. The Morgan fingerprint density at radius 1 is 1.05 bits per heavy atom. The second-order valence-corrected chi connectivity index (χ2v) is 10.1. The number of carbonyl (C=O) groups is 2. The number of amides is 1. The number of benzene rings is 1. The lowest BCUT2D eigenvalue weighted by molar-refractivity contribution is -0.140. The molecular formula is C31H40N4O4. The van der Waals surface area contributed by atoms with Gasteiger partial charge in [-0.2, -0.15) is 0 Å². The first-order valence-corrected chi connectivity index (χ1v) is 14.0. The van der Waals surface area contributed by atoms with Gasteiger partial charge in [-0.05, 0) is 62.7 Å². The highest BCUT2D eigenvalue weighted by molar-refractivity contribution is 6.46. The molecule has 0 spiro atoms. The highest BCUT2D eigenvalue weighted by Gasteiger charge is 2.46. The van der Waals surface area contributed by atoms with Gasteiger partial charge < -0.3 is 24.0 Å². The van der Waals surface area contributed by atoms with Crippen LogP contribution in [-0.2, 0) is 9.59 Å². The lowest BCUT2D eigenvalue weighted by Gasteiger charge is -2.28. The minimum atomic E-state index is -0.722. The van der Waals surface area contributed by atoms with Crippen LogP contribution < -0.4 is 4.74 Å². The Balaban J connectivity index is 1.77. The van der Waals surface area contributed by atoms with Crippen LogP contribution in [0.15, 0.2) is 48.2 Å². The zero-order chi connectivity index (χ0) is 28.1. The van der Waals surface area contributed by atoms with E-state index in [4.69, 9.17) is 4.74 Å². The number of hydrogen-bond donors (Lipinski definition) is 1. The van der Waals surface area contributed by atoms with Gasteiger partial charge in [-0.1, -0.05) is 51.8 Å². The van der Waals surface area contributed by atoms with Crippen LogP contribution in [0.3, 0.4) is 0 Å². The van der Waals surface area contributed by atoms with Gasteiger partial charge in [-0.25, -0.2) is 4.98 Å². The van der Waals surface area contributed by atoms with Crippen LogP contribution in [0.4, 0.5) is 0 Å². The predicted octanol–water partition coefficient (Wildman–Crippen LogP) is 5.28. The Hall–Kier alpha value is -3.65. The molecule has 1 unspecified atom stereocenters. The molecule has 8 nitrogen and oxygen atoms in total. The molecule has 1 atom stereocenters. The minimum absolute atomic E-state index is 0.0697. The molecule has 1 aliphatic rings. The van der Waals surface area contributed by atoms with Crippen LogP contribution >= 0.6 is 0 Å². The number of aliphatic hydroxyl groups is 1. The lowest BCUT2D eigenvalue weighted by atomic mass is 9.96. The van der Waals surface area contributed by atoms with Gasteiger partial charge in [0.05, 0.1) is 23.9 Å². The van der Waals surface area contributed by atoms with E-state index in [-0.39, 0.29) is 11.3 Å². The Morgan fingerprint density at radius 3 is 2.41 bits per heavy atom. The third-order valence-corrected chi connectivity index (χ3v) is 7.61. The molecule has 39 heavy (non-hydrogen) atoms. The van der Waals surface area contributed by atoms with Crippen LogP contribution in [0.2, 0.25) is 0 Å². The van der Waals surface area contributed by atoms with Crippen molar-refractivity contribution in [2.75, 3.05) is 32.8 Å². The van der Waals surface area contributed by atoms with Gasteiger partial charge in [-0.15, -0.1) is 0 Å². The van der Waals surface area contributed by atoms with Crippen molar-refractivity contribution >= 4 is 23.1 Å². The highest BCUT2D eigenvalue weighted by Crippen LogP contribution is 2.40. The van der Waals surface area contributed by atoms with Crippen LogP contribution in [0.25, 0.3) is 11.4 Å². The quantitative estimate of drug-likeness (QED) is 0.148. The smallest absolute Gasteiger partial charge is 0.295 e. The number of ketones is 1. The van der Waals surface area contributed by atoms with E-state index >= 15 is 0 Å². The molecule has 1 fully saturated rings. The fourth-order valence-electron chi connectivity index (χ4n) is 5.21. The molecule has 1 amide bonds. The number of Topliss-reactive ketones (excluding diaryl/α,β-unsaturated/α-hetero) is 1. The number of aryl methyl sites for hydroxylation is 2. The Kier molecular flexibility index (Phi) is 9.07. The van der Waals surface area contributed by atoms with E-state index < -0.39 is 17.7 Å². The van der Waals surface area contributed by atoms with E-state index in [9.17, 15) is 14.7 Å². The van der Waals surface area contributed by atoms with Crippen molar-refractivity contribution < 1.29 is 19.4 Å². The third-order valence-electron chi connectivity index (χ3n) is 7.61. The largest absolute Gasteiger partial charge is 0.505 e. The Labute approximate surface area is 230 Å². The van der Waals surface area contributed by atoms with E-state index in [2.05, 4.69) is 30.7 Å². The summed E-state index contributed by atoms with van der Waals surface area (Å²) < 4.78 is 7.77. The first-order chi connectivity index (χ1) is 18.8. The van der Waals surface area contributed by atoms with Crippen molar-refractivity contribution in [2.24, 2.45) is 0 Å². The molecule has 1 aliphatic heterocycles. The fraction of sp³-hybridized carbons (Fsp3) is 0.452. The summed E-state index contributed by atoms with van der Waals surface area (Å²) in [6, 6.07) is 10.6. The molecule has 208 valence electrons. The maximum atomic E-state index is 13.5. The van der Waals surface area contributed by atoms with E-state index in [0.717, 1.165) is 49.2 Å². The summed E-state index contributed by atoms with van der Waals surface area (Å²) in [5.74, 6) is -0.804. The number of fused-ring (bicyclic) bond motifs is 1. The van der Waals surface area contributed by atoms with E-state index in [1.165, 1.54) is 0 Å². The summed E-state index contributed by atoms with van der Waals surface area (Å²) in [7, 11) is 0. The summed E-state index contributed by atoms with van der Waals surface area (Å²) in [6.07, 6.45) is 5.10. The maximum absolute atomic E-state index is 13.5. The number of aromatic nitrogens is 2. The summed E-state index contributed by atoms with van der Waals surface area (Å²) in [5, 5.41) is 11.6. The molecular weight excluding hydrogens is 492 g/mol. The van der Waals surface area contributed by atoms with Crippen molar-refractivity contribution in [2.45, 2.75) is 59.9 Å². The van der Waals surface area contributed by atoms with Crippen molar-refractivity contribution in [1.29, 1.82) is 0 Å². The van der Waals surface area contributed by atoms with Gasteiger partial charge in [0.1, 0.15) is 17.1 Å². The number of aliphatic hydroxyl groups excluding tert-OH is 1. The zero-order valence-electron chi connectivity index (χ0n) is 23.7. The highest BCUT2D eigenvalue weighted by atomic mass is 16.5. The van der Waals surface area contributed by atoms with Crippen molar-refractivity contribution in [3.63, 3.8) is 0 Å². The number of pyridine rings is 1. The zero-order valence-corrected chi connectivity index (χ0v) is 23.7. The number of hydrogen-bond acceptors (Lipinski definition) is 6. The molecule has 1 saturated heterocycles. The molecule has 4 rings (SSSR count). The SMILES string of the molecule is CCCCCOc1ccc(C2C(=C(O)c3nc4c(C)cccn4c3C)C(=O)C(=O)N2CCN(CC)CC)cc1. The van der Waals surface area contributed by atoms with Gasteiger partial charge in [0.2, 0.25) is 0 Å². The van der Waals surface area contributed by atoms with E-state index in [1.54, 1.807) is 4.90 Å². The number of carbonyl (C=O) groups excluding carboxylic acids is 2. The average molecular weight is 533 g/mol. The molecule has 0 bridgehead atoms. The molecule has 8 heteroatoms. The van der Waals surface area contributed by atoms with Crippen LogP contribution in [0.5, 0.6) is 5.75 Å². The molecule has 0 radical (unpaired) electrons. The topological polar surface area (TPSA) is 87.4 Å². The molecule has 3 heterocycles. The molecule has 1 N–H and O–H groups in total. The Bertz CT molecular complexity index is 1350. The molecule has 1 aromatic carbocycles. The van der Waals surface area contributed by atoms with Gasteiger partial charge in [0, 0.05) is 19.3 Å². The van der Waals surface area contributed by atoms with Crippen LogP contribution in [0.1, 0.15) is 68.6 Å².